The Hall–Kier alpha value is -2.17. The van der Waals surface area contributed by atoms with E-state index in [1.807, 2.05) is 30.3 Å². The van der Waals surface area contributed by atoms with Crippen LogP contribution in [0.4, 0.5) is 4.79 Å². The summed E-state index contributed by atoms with van der Waals surface area (Å²) in [6.07, 6.45) is -0.918. The highest BCUT2D eigenvalue weighted by molar-refractivity contribution is 7.86. The first kappa shape index (κ1) is 24.1. The van der Waals surface area contributed by atoms with Crippen LogP contribution < -0.4 is 0 Å². The summed E-state index contributed by atoms with van der Waals surface area (Å²) in [7, 11) is -2.62. The topological polar surface area (TPSA) is 108 Å². The molecule has 1 unspecified atom stereocenters. The Kier molecular flexibility index (Phi) is 7.49. The number of benzene rings is 1. The highest BCUT2D eigenvalue weighted by Crippen LogP contribution is 2.35. The third-order valence-electron chi connectivity index (χ3n) is 4.41. The Labute approximate surface area is 177 Å². The molecule has 1 amide bonds. The molecule has 30 heavy (non-hydrogen) atoms. The minimum absolute atomic E-state index is 0.110. The molecule has 2 atom stereocenters. The molecular weight excluding hydrogens is 414 g/mol. The second-order valence-corrected chi connectivity index (χ2v) is 9.82. The normalized spacial score (nSPS) is 22.0. The maximum absolute atomic E-state index is 12.9. The maximum atomic E-state index is 12.9. The number of rotatable bonds is 7. The highest BCUT2D eigenvalue weighted by Gasteiger charge is 2.57. The first-order valence-corrected chi connectivity index (χ1v) is 11.3. The molecule has 0 saturated carbocycles. The number of nitrogens with zero attached hydrogens (tertiary/aromatic N) is 1. The van der Waals surface area contributed by atoms with Crippen molar-refractivity contribution in [3.05, 3.63) is 35.9 Å². The maximum Gasteiger partial charge on any atom is 0.411 e. The van der Waals surface area contributed by atoms with Crippen molar-refractivity contribution in [3.63, 3.8) is 0 Å². The minimum Gasteiger partial charge on any atom is -0.467 e. The third-order valence-corrected chi connectivity index (χ3v) is 5.03. The molecule has 1 saturated heterocycles. The van der Waals surface area contributed by atoms with Gasteiger partial charge in [0.2, 0.25) is 0 Å². The van der Waals surface area contributed by atoms with E-state index < -0.39 is 39.4 Å². The van der Waals surface area contributed by atoms with Gasteiger partial charge in [-0.2, -0.15) is 8.42 Å². The van der Waals surface area contributed by atoms with Gasteiger partial charge < -0.3 is 14.2 Å². The van der Waals surface area contributed by atoms with Gasteiger partial charge in [0, 0.05) is 6.42 Å². The standard InChI is InChI=1S/C20H29NO8S/c1-19(2,3)28-18(23)21-12-16(29-30(5,24)25)11-20(21,17(22)26-4)14-27-13-15-9-7-6-8-10-15/h6-10,16H,11-14H2,1-5H3/t16-,20?/m1/s1. The minimum atomic E-state index is -3.81. The van der Waals surface area contributed by atoms with E-state index >= 15 is 0 Å². The van der Waals surface area contributed by atoms with Crippen molar-refractivity contribution >= 4 is 22.2 Å². The third kappa shape index (κ3) is 6.41. The first-order valence-electron chi connectivity index (χ1n) is 9.45. The van der Waals surface area contributed by atoms with Crippen molar-refractivity contribution in [2.75, 3.05) is 26.5 Å². The van der Waals surface area contributed by atoms with Gasteiger partial charge in [-0.05, 0) is 26.3 Å². The average Bonchev–Trinajstić information content (AvgIpc) is 2.98. The molecule has 2 rings (SSSR count). The highest BCUT2D eigenvalue weighted by atomic mass is 32.2. The van der Waals surface area contributed by atoms with Crippen LogP contribution in [-0.2, 0) is 39.9 Å². The van der Waals surface area contributed by atoms with Gasteiger partial charge in [-0.1, -0.05) is 30.3 Å². The summed E-state index contributed by atoms with van der Waals surface area (Å²) in [5, 5.41) is 0. The predicted octanol–water partition coefficient (Wildman–Crippen LogP) is 2.10. The van der Waals surface area contributed by atoms with Crippen LogP contribution in [0.2, 0.25) is 0 Å². The molecule has 0 N–H and O–H groups in total. The van der Waals surface area contributed by atoms with Crippen molar-refractivity contribution in [1.82, 2.24) is 4.90 Å². The molecule has 1 aromatic rings. The van der Waals surface area contributed by atoms with Gasteiger partial charge >= 0.3 is 12.1 Å². The zero-order valence-corrected chi connectivity index (χ0v) is 18.7. The van der Waals surface area contributed by atoms with Crippen LogP contribution in [0.3, 0.4) is 0 Å². The van der Waals surface area contributed by atoms with Gasteiger partial charge in [0.1, 0.15) is 5.60 Å². The smallest absolute Gasteiger partial charge is 0.411 e. The largest absolute Gasteiger partial charge is 0.467 e. The van der Waals surface area contributed by atoms with Crippen LogP contribution in [0, 0.1) is 0 Å². The van der Waals surface area contributed by atoms with Gasteiger partial charge in [0.15, 0.2) is 5.54 Å². The molecule has 1 fully saturated rings. The van der Waals surface area contributed by atoms with Crippen LogP contribution in [0.15, 0.2) is 30.3 Å². The second-order valence-electron chi connectivity index (χ2n) is 8.22. The van der Waals surface area contributed by atoms with Crippen LogP contribution in [0.1, 0.15) is 32.8 Å². The predicted molar refractivity (Wildman–Crippen MR) is 108 cm³/mol. The van der Waals surface area contributed by atoms with Gasteiger partial charge in [-0.25, -0.2) is 9.59 Å². The van der Waals surface area contributed by atoms with Crippen LogP contribution in [-0.4, -0.2) is 69.1 Å². The summed E-state index contributed by atoms with van der Waals surface area (Å²) >= 11 is 0. The quantitative estimate of drug-likeness (QED) is 0.466. The Morgan fingerprint density at radius 2 is 1.83 bits per heavy atom. The van der Waals surface area contributed by atoms with Crippen LogP contribution in [0.5, 0.6) is 0 Å². The van der Waals surface area contributed by atoms with E-state index in [0.29, 0.717) is 0 Å². The molecule has 10 heteroatoms. The summed E-state index contributed by atoms with van der Waals surface area (Å²) in [5.74, 6) is -0.735. The van der Waals surface area contributed by atoms with E-state index in [2.05, 4.69) is 0 Å². The average molecular weight is 444 g/mol. The van der Waals surface area contributed by atoms with Crippen molar-refractivity contribution in [1.29, 1.82) is 0 Å². The lowest BCUT2D eigenvalue weighted by Crippen LogP contribution is -2.57. The molecule has 9 nitrogen and oxygen atoms in total. The number of hydrogen-bond acceptors (Lipinski definition) is 8. The van der Waals surface area contributed by atoms with E-state index in [1.54, 1.807) is 20.8 Å². The summed E-state index contributed by atoms with van der Waals surface area (Å²) in [6, 6.07) is 9.30. The van der Waals surface area contributed by atoms with Crippen LogP contribution in [0.25, 0.3) is 0 Å². The Morgan fingerprint density at radius 3 is 2.37 bits per heavy atom. The number of carbonyl (C=O) groups is 2. The van der Waals surface area contributed by atoms with Gasteiger partial charge in [-0.15, -0.1) is 0 Å². The number of hydrogen-bond donors (Lipinski definition) is 0. The van der Waals surface area contributed by atoms with Crippen LogP contribution >= 0.6 is 0 Å². The SMILES string of the molecule is COC(=O)C1(COCc2ccccc2)C[C@@H](OS(C)(=O)=O)CN1C(=O)OC(C)(C)C. The van der Waals surface area contributed by atoms with E-state index in [4.69, 9.17) is 18.4 Å². The fourth-order valence-electron chi connectivity index (χ4n) is 3.30. The molecule has 0 spiro atoms. The first-order chi connectivity index (χ1) is 13.9. The van der Waals surface area contributed by atoms with E-state index in [9.17, 15) is 18.0 Å². The molecule has 168 valence electrons. The molecule has 0 aromatic heterocycles. The Balaban J connectivity index is 2.31. The van der Waals surface area contributed by atoms with E-state index in [-0.39, 0.29) is 26.2 Å². The van der Waals surface area contributed by atoms with Crippen molar-refractivity contribution in [3.8, 4) is 0 Å². The van der Waals surface area contributed by atoms with Gasteiger partial charge in [0.05, 0.1) is 39.2 Å². The molecule has 1 aromatic carbocycles. The van der Waals surface area contributed by atoms with E-state index in [0.717, 1.165) is 16.7 Å². The second kappa shape index (κ2) is 9.32. The Bertz CT molecular complexity index is 849. The Morgan fingerprint density at radius 1 is 1.20 bits per heavy atom. The fourth-order valence-corrected chi connectivity index (χ4v) is 3.92. The van der Waals surface area contributed by atoms with Crippen molar-refractivity contribution in [2.45, 2.75) is 51.0 Å². The summed E-state index contributed by atoms with van der Waals surface area (Å²) in [4.78, 5) is 26.8. The van der Waals surface area contributed by atoms with Crippen molar-refractivity contribution < 1.29 is 36.4 Å². The fraction of sp³-hybridized carbons (Fsp3) is 0.600. The number of ether oxygens (including phenoxy) is 3. The van der Waals surface area contributed by atoms with Gasteiger partial charge in [0.25, 0.3) is 10.1 Å². The number of likely N-dealkylation sites (tertiary alicyclic amines) is 1. The molecule has 1 aliphatic rings. The lowest BCUT2D eigenvalue weighted by Gasteiger charge is -2.36. The number of methoxy groups -OCH3 is 1. The lowest BCUT2D eigenvalue weighted by molar-refractivity contribution is -0.157. The summed E-state index contributed by atoms with van der Waals surface area (Å²) in [5.41, 5.74) is -1.52. The number of esters is 1. The molecular formula is C20H29NO8S. The zero-order chi connectivity index (χ0) is 22.6. The molecule has 1 aliphatic heterocycles. The summed E-state index contributed by atoms with van der Waals surface area (Å²) in [6.45, 7) is 4.90. The van der Waals surface area contributed by atoms with E-state index in [1.165, 1.54) is 7.11 Å². The molecule has 0 aliphatic carbocycles. The summed E-state index contributed by atoms with van der Waals surface area (Å²) < 4.78 is 44.5. The molecule has 0 radical (unpaired) electrons. The molecule has 0 bridgehead atoms. The number of amides is 1. The zero-order valence-electron chi connectivity index (χ0n) is 17.9. The molecule has 1 heterocycles. The number of carbonyl (C=O) groups excluding carboxylic acids is 2. The monoisotopic (exact) mass is 443 g/mol. The lowest BCUT2D eigenvalue weighted by atomic mass is 9.96. The van der Waals surface area contributed by atoms with Gasteiger partial charge in [-0.3, -0.25) is 9.08 Å². The van der Waals surface area contributed by atoms with Crippen molar-refractivity contribution in [2.24, 2.45) is 0 Å².